The predicted molar refractivity (Wildman–Crippen MR) is 143 cm³/mol. The second-order valence-electron chi connectivity index (χ2n) is 8.03. The Morgan fingerprint density at radius 2 is 1.97 bits per heavy atom. The average Bonchev–Trinajstić information content (AvgIpc) is 3.46. The topological polar surface area (TPSA) is 164 Å². The van der Waals surface area contributed by atoms with Crippen LogP contribution in [0.1, 0.15) is 16.8 Å². The number of aromatic amines is 1. The van der Waals surface area contributed by atoms with Crippen LogP contribution in [0, 0.1) is 10.1 Å². The van der Waals surface area contributed by atoms with Gasteiger partial charge in [-0.3, -0.25) is 14.9 Å². The molecule has 0 saturated heterocycles. The minimum absolute atomic E-state index is 0.0383. The number of hydrogen-bond acceptors (Lipinski definition) is 9. The molecule has 0 aliphatic carbocycles. The maximum atomic E-state index is 12.9. The molecule has 3 N–H and O–H groups in total. The SMILES string of the molecule is O=C(N[C@@H](Cc1cnc[nH]1)C(=O)N/N=C\c1ccc(Sc2ccccn2)c([N+](=O)[O-])c1)OCc1ccccc1. The van der Waals surface area contributed by atoms with Crippen LogP contribution in [-0.4, -0.2) is 44.1 Å². The van der Waals surface area contributed by atoms with Gasteiger partial charge in [0.2, 0.25) is 0 Å². The highest BCUT2D eigenvalue weighted by Gasteiger charge is 2.23. The van der Waals surface area contributed by atoms with Crippen LogP contribution < -0.4 is 10.7 Å². The molecule has 4 rings (SSSR count). The number of H-pyrrole nitrogens is 1. The van der Waals surface area contributed by atoms with Crippen molar-refractivity contribution in [3.05, 3.63) is 112 Å². The van der Waals surface area contributed by atoms with Gasteiger partial charge in [0, 0.05) is 36.1 Å². The number of nitrogens with zero attached hydrogens (tertiary/aromatic N) is 4. The number of imidazole rings is 1. The highest BCUT2D eigenvalue weighted by Crippen LogP contribution is 2.34. The van der Waals surface area contributed by atoms with Gasteiger partial charge in [0.1, 0.15) is 17.7 Å². The molecule has 1 atom stereocenters. The van der Waals surface area contributed by atoms with E-state index in [1.54, 1.807) is 36.5 Å². The first kappa shape index (κ1) is 27.0. The first-order valence-electron chi connectivity index (χ1n) is 11.6. The van der Waals surface area contributed by atoms with Crippen molar-refractivity contribution >= 4 is 35.7 Å². The maximum absolute atomic E-state index is 12.9. The summed E-state index contributed by atoms with van der Waals surface area (Å²) in [5, 5.41) is 18.7. The largest absolute Gasteiger partial charge is 0.445 e. The lowest BCUT2D eigenvalue weighted by molar-refractivity contribution is -0.387. The van der Waals surface area contributed by atoms with Crippen LogP contribution in [0.5, 0.6) is 0 Å². The molecule has 0 aliphatic heterocycles. The number of amides is 2. The van der Waals surface area contributed by atoms with E-state index in [1.807, 2.05) is 30.3 Å². The Kier molecular flexibility index (Phi) is 9.34. The smallest absolute Gasteiger partial charge is 0.408 e. The van der Waals surface area contributed by atoms with E-state index in [1.165, 1.54) is 36.6 Å². The first-order chi connectivity index (χ1) is 19.0. The second kappa shape index (κ2) is 13.5. The molecule has 2 heterocycles. The summed E-state index contributed by atoms with van der Waals surface area (Å²) in [6, 6.07) is 18.0. The molecule has 0 unspecified atom stereocenters. The minimum atomic E-state index is -1.03. The minimum Gasteiger partial charge on any atom is -0.445 e. The Balaban J connectivity index is 1.40. The Morgan fingerprint density at radius 1 is 1.15 bits per heavy atom. The molecule has 0 aliphatic rings. The van der Waals surface area contributed by atoms with Crippen LogP contribution in [0.15, 0.2) is 100 Å². The lowest BCUT2D eigenvalue weighted by Gasteiger charge is -2.16. The number of carbonyl (C=O) groups is 2. The third-order valence-electron chi connectivity index (χ3n) is 5.22. The van der Waals surface area contributed by atoms with Gasteiger partial charge in [0.15, 0.2) is 0 Å². The van der Waals surface area contributed by atoms with Crippen LogP contribution in [-0.2, 0) is 22.6 Å². The molecular weight excluding hydrogens is 522 g/mol. The van der Waals surface area contributed by atoms with E-state index in [4.69, 9.17) is 4.74 Å². The molecule has 12 nitrogen and oxygen atoms in total. The predicted octanol–water partition coefficient (Wildman–Crippen LogP) is 3.85. The number of ether oxygens (including phenoxy) is 1. The fraction of sp³-hybridized carbons (Fsp3) is 0.115. The number of nitrogens with one attached hydrogen (secondary N) is 3. The number of hydrazone groups is 1. The fourth-order valence-electron chi connectivity index (χ4n) is 3.34. The van der Waals surface area contributed by atoms with Crippen LogP contribution >= 0.6 is 11.8 Å². The Bertz CT molecular complexity index is 1430. The van der Waals surface area contributed by atoms with E-state index in [-0.39, 0.29) is 18.7 Å². The van der Waals surface area contributed by atoms with Gasteiger partial charge in [-0.05, 0) is 23.8 Å². The Hall–Kier alpha value is -5.04. The number of aromatic nitrogens is 3. The van der Waals surface area contributed by atoms with E-state index < -0.39 is 23.0 Å². The van der Waals surface area contributed by atoms with Gasteiger partial charge >= 0.3 is 6.09 Å². The molecule has 198 valence electrons. The van der Waals surface area contributed by atoms with Crippen molar-refractivity contribution in [2.75, 3.05) is 0 Å². The van der Waals surface area contributed by atoms with Gasteiger partial charge in [-0.1, -0.05) is 54.2 Å². The molecule has 0 bridgehead atoms. The van der Waals surface area contributed by atoms with Crippen molar-refractivity contribution in [2.45, 2.75) is 29.0 Å². The molecule has 2 amide bonds. The summed E-state index contributed by atoms with van der Waals surface area (Å²) in [6.45, 7) is 0.0383. The Labute approximate surface area is 227 Å². The van der Waals surface area contributed by atoms with Gasteiger partial charge in [-0.25, -0.2) is 20.2 Å². The van der Waals surface area contributed by atoms with Crippen molar-refractivity contribution in [1.82, 2.24) is 25.7 Å². The summed E-state index contributed by atoms with van der Waals surface area (Å²) >= 11 is 1.17. The van der Waals surface area contributed by atoms with Crippen molar-refractivity contribution in [3.8, 4) is 0 Å². The van der Waals surface area contributed by atoms with Crippen LogP contribution in [0.25, 0.3) is 0 Å². The van der Waals surface area contributed by atoms with Gasteiger partial charge in [0.25, 0.3) is 11.6 Å². The van der Waals surface area contributed by atoms with Crippen molar-refractivity contribution in [2.24, 2.45) is 5.10 Å². The zero-order valence-corrected chi connectivity index (χ0v) is 21.2. The molecule has 2 aromatic carbocycles. The number of pyridine rings is 1. The van der Waals surface area contributed by atoms with Gasteiger partial charge in [0.05, 0.1) is 22.4 Å². The normalized spacial score (nSPS) is 11.6. The molecule has 4 aromatic rings. The van der Waals surface area contributed by atoms with Crippen molar-refractivity contribution in [3.63, 3.8) is 0 Å². The summed E-state index contributed by atoms with van der Waals surface area (Å²) in [4.78, 5) is 47.8. The molecule has 0 spiro atoms. The number of nitro groups is 1. The highest BCUT2D eigenvalue weighted by atomic mass is 32.2. The lowest BCUT2D eigenvalue weighted by Crippen LogP contribution is -2.47. The summed E-state index contributed by atoms with van der Waals surface area (Å²) in [6.07, 6.45) is 5.20. The van der Waals surface area contributed by atoms with Crippen LogP contribution in [0.3, 0.4) is 0 Å². The van der Waals surface area contributed by atoms with E-state index in [2.05, 4.69) is 30.8 Å². The van der Waals surface area contributed by atoms with E-state index in [0.29, 0.717) is 21.2 Å². The first-order valence-corrected chi connectivity index (χ1v) is 12.4. The van der Waals surface area contributed by atoms with Gasteiger partial charge < -0.3 is 15.0 Å². The number of rotatable bonds is 11. The lowest BCUT2D eigenvalue weighted by atomic mass is 10.1. The number of carbonyl (C=O) groups excluding carboxylic acids is 2. The maximum Gasteiger partial charge on any atom is 0.408 e. The number of nitro benzene ring substituents is 1. The Morgan fingerprint density at radius 3 is 2.69 bits per heavy atom. The summed E-state index contributed by atoms with van der Waals surface area (Å²) in [5.41, 5.74) is 4.05. The van der Waals surface area contributed by atoms with Crippen molar-refractivity contribution < 1.29 is 19.2 Å². The third kappa shape index (κ3) is 8.23. The molecule has 39 heavy (non-hydrogen) atoms. The van der Waals surface area contributed by atoms with E-state index >= 15 is 0 Å². The molecule has 13 heteroatoms. The number of hydrogen-bond donors (Lipinski definition) is 3. The average molecular weight is 546 g/mol. The number of benzene rings is 2. The standard InChI is InChI=1S/C26H23N7O5S/c34-25(21(13-20-15-27-17-29-20)31-26(35)38-16-18-6-2-1-3-7-18)32-30-14-19-9-10-23(22(12-19)33(36)37)39-24-8-4-5-11-28-24/h1-12,14-15,17,21H,13,16H2,(H,27,29)(H,31,35)(H,32,34)/b30-14-/t21-/m0/s1. The van der Waals surface area contributed by atoms with E-state index in [0.717, 1.165) is 5.56 Å². The zero-order valence-electron chi connectivity index (χ0n) is 20.4. The molecule has 0 radical (unpaired) electrons. The summed E-state index contributed by atoms with van der Waals surface area (Å²) < 4.78 is 5.23. The van der Waals surface area contributed by atoms with Gasteiger partial charge in [-0.2, -0.15) is 5.10 Å². The van der Waals surface area contributed by atoms with Crippen LogP contribution in [0.2, 0.25) is 0 Å². The third-order valence-corrected chi connectivity index (χ3v) is 6.24. The van der Waals surface area contributed by atoms with E-state index in [9.17, 15) is 19.7 Å². The monoisotopic (exact) mass is 545 g/mol. The molecule has 0 fully saturated rings. The number of alkyl carbamates (subject to hydrolysis) is 1. The molecular formula is C26H23N7O5S. The zero-order chi connectivity index (χ0) is 27.5. The van der Waals surface area contributed by atoms with Crippen LogP contribution in [0.4, 0.5) is 10.5 Å². The summed E-state index contributed by atoms with van der Waals surface area (Å²) in [5.74, 6) is -0.616. The molecule has 0 saturated carbocycles. The fourth-order valence-corrected chi connectivity index (χ4v) is 4.20. The van der Waals surface area contributed by atoms with Gasteiger partial charge in [-0.15, -0.1) is 0 Å². The quantitative estimate of drug-likeness (QED) is 0.145. The second-order valence-corrected chi connectivity index (χ2v) is 9.09. The molecule has 2 aromatic heterocycles. The summed E-state index contributed by atoms with van der Waals surface area (Å²) in [7, 11) is 0. The highest BCUT2D eigenvalue weighted by molar-refractivity contribution is 7.99. The van der Waals surface area contributed by atoms with Crippen molar-refractivity contribution in [1.29, 1.82) is 0 Å².